The molecule has 1 aliphatic rings. The second kappa shape index (κ2) is 5.85. The SMILES string of the molecule is CC1CCC(c2ccccc2)c2cc[c-]cc21.[W]. The summed E-state index contributed by atoms with van der Waals surface area (Å²) in [6.45, 7) is 2.33. The van der Waals surface area contributed by atoms with Gasteiger partial charge < -0.3 is 0 Å². The third-order valence-electron chi connectivity index (χ3n) is 3.93. The molecule has 18 heavy (non-hydrogen) atoms. The molecule has 0 radical (unpaired) electrons. The molecule has 0 spiro atoms. The van der Waals surface area contributed by atoms with Crippen LogP contribution in [0.1, 0.15) is 48.3 Å². The second-order valence-electron chi connectivity index (χ2n) is 5.00. The topological polar surface area (TPSA) is 0 Å². The number of benzene rings is 2. The van der Waals surface area contributed by atoms with Crippen molar-refractivity contribution in [1.29, 1.82) is 0 Å². The van der Waals surface area contributed by atoms with Crippen LogP contribution in [0.4, 0.5) is 0 Å². The van der Waals surface area contributed by atoms with Crippen molar-refractivity contribution in [3.8, 4) is 0 Å². The number of fused-ring (bicyclic) bond motifs is 1. The molecule has 0 bridgehead atoms. The van der Waals surface area contributed by atoms with E-state index in [0.29, 0.717) is 11.8 Å². The molecule has 0 fully saturated rings. The van der Waals surface area contributed by atoms with Gasteiger partial charge in [-0.05, 0) is 17.9 Å². The van der Waals surface area contributed by atoms with E-state index in [1.165, 1.54) is 29.5 Å². The molecule has 2 atom stereocenters. The Morgan fingerprint density at radius 2 is 1.78 bits per heavy atom. The maximum atomic E-state index is 3.22. The second-order valence-corrected chi connectivity index (χ2v) is 5.00. The van der Waals surface area contributed by atoms with Crippen molar-refractivity contribution < 1.29 is 21.1 Å². The Hall–Kier alpha value is -0.872. The van der Waals surface area contributed by atoms with Gasteiger partial charge in [-0.3, -0.25) is 0 Å². The van der Waals surface area contributed by atoms with E-state index in [2.05, 4.69) is 55.5 Å². The van der Waals surface area contributed by atoms with Gasteiger partial charge in [0.25, 0.3) is 0 Å². The fourth-order valence-corrected chi connectivity index (χ4v) is 2.96. The van der Waals surface area contributed by atoms with Crippen LogP contribution in [0, 0.1) is 6.07 Å². The van der Waals surface area contributed by atoms with Gasteiger partial charge >= 0.3 is 0 Å². The van der Waals surface area contributed by atoms with E-state index in [4.69, 9.17) is 0 Å². The standard InChI is InChI=1S/C17H17.W/c1-13-11-12-16(14-7-3-2-4-8-14)17-10-6-5-9-15(13)17;/h2-4,6-10,13,16H,11-12H2,1H3;/q-1;. The van der Waals surface area contributed by atoms with Gasteiger partial charge in [-0.1, -0.05) is 49.6 Å². The van der Waals surface area contributed by atoms with Crippen LogP contribution in [0.5, 0.6) is 0 Å². The first kappa shape index (κ1) is 13.6. The Morgan fingerprint density at radius 1 is 1.00 bits per heavy atom. The van der Waals surface area contributed by atoms with Gasteiger partial charge in [-0.25, -0.2) is 0 Å². The molecule has 3 rings (SSSR count). The summed E-state index contributed by atoms with van der Waals surface area (Å²) in [5.74, 6) is 1.26. The van der Waals surface area contributed by atoms with E-state index in [-0.39, 0.29) is 21.1 Å². The smallest absolute Gasteiger partial charge is 0 e. The predicted octanol–water partition coefficient (Wildman–Crippen LogP) is 4.51. The average molecular weight is 405 g/mol. The average Bonchev–Trinajstić information content (AvgIpc) is 2.41. The van der Waals surface area contributed by atoms with Crippen LogP contribution in [-0.4, -0.2) is 0 Å². The quantitative estimate of drug-likeness (QED) is 0.613. The van der Waals surface area contributed by atoms with Gasteiger partial charge in [-0.15, -0.1) is 11.1 Å². The van der Waals surface area contributed by atoms with Crippen molar-refractivity contribution in [2.75, 3.05) is 0 Å². The Labute approximate surface area is 124 Å². The molecule has 1 heteroatoms. The van der Waals surface area contributed by atoms with Crippen molar-refractivity contribution in [3.05, 3.63) is 71.3 Å². The monoisotopic (exact) mass is 405 g/mol. The fourth-order valence-electron chi connectivity index (χ4n) is 2.96. The maximum Gasteiger partial charge on any atom is 0 e. The van der Waals surface area contributed by atoms with Gasteiger partial charge in [0.1, 0.15) is 0 Å². The van der Waals surface area contributed by atoms with Crippen LogP contribution < -0.4 is 0 Å². The van der Waals surface area contributed by atoms with E-state index in [1.54, 1.807) is 0 Å². The first-order valence-corrected chi connectivity index (χ1v) is 6.41. The van der Waals surface area contributed by atoms with E-state index in [0.717, 1.165) is 0 Å². The molecule has 0 amide bonds. The minimum absolute atomic E-state index is 0. The molecular formula is C17H17W-. The van der Waals surface area contributed by atoms with E-state index >= 15 is 0 Å². The first-order chi connectivity index (χ1) is 8.36. The summed E-state index contributed by atoms with van der Waals surface area (Å²) in [5, 5.41) is 0. The predicted molar refractivity (Wildman–Crippen MR) is 71.2 cm³/mol. The van der Waals surface area contributed by atoms with Crippen molar-refractivity contribution in [2.45, 2.75) is 31.6 Å². The minimum atomic E-state index is 0. The summed E-state index contributed by atoms with van der Waals surface area (Å²) >= 11 is 0. The molecule has 2 aromatic carbocycles. The normalized spacial score (nSPS) is 21.8. The summed E-state index contributed by atoms with van der Waals surface area (Å²) < 4.78 is 0. The maximum absolute atomic E-state index is 3.22. The molecule has 0 heterocycles. The molecule has 0 aliphatic heterocycles. The van der Waals surface area contributed by atoms with E-state index < -0.39 is 0 Å². The Bertz CT molecular complexity index is 504. The largest absolute Gasteiger partial charge is 0.184 e. The van der Waals surface area contributed by atoms with Gasteiger partial charge in [0, 0.05) is 21.1 Å². The summed E-state index contributed by atoms with van der Waals surface area (Å²) in [5.41, 5.74) is 4.45. The van der Waals surface area contributed by atoms with Crippen molar-refractivity contribution in [2.24, 2.45) is 0 Å². The minimum Gasteiger partial charge on any atom is -0.184 e. The third-order valence-corrected chi connectivity index (χ3v) is 3.93. The molecule has 92 valence electrons. The fraction of sp³-hybridized carbons (Fsp3) is 0.294. The van der Waals surface area contributed by atoms with Gasteiger partial charge in [-0.2, -0.15) is 24.3 Å². The Balaban J connectivity index is 0.00000120. The zero-order chi connectivity index (χ0) is 11.7. The van der Waals surface area contributed by atoms with Crippen molar-refractivity contribution >= 4 is 0 Å². The summed E-state index contributed by atoms with van der Waals surface area (Å²) in [4.78, 5) is 0. The molecule has 0 nitrogen and oxygen atoms in total. The third kappa shape index (κ3) is 2.45. The molecule has 0 saturated carbocycles. The molecule has 0 aromatic heterocycles. The van der Waals surface area contributed by atoms with Gasteiger partial charge in [0.05, 0.1) is 0 Å². The zero-order valence-electron chi connectivity index (χ0n) is 10.6. The molecule has 0 saturated heterocycles. The van der Waals surface area contributed by atoms with Crippen LogP contribution in [0.2, 0.25) is 0 Å². The summed E-state index contributed by atoms with van der Waals surface area (Å²) in [7, 11) is 0. The van der Waals surface area contributed by atoms with Crippen LogP contribution in [0.15, 0.2) is 48.5 Å². The van der Waals surface area contributed by atoms with E-state index in [9.17, 15) is 0 Å². The van der Waals surface area contributed by atoms with E-state index in [1.807, 2.05) is 6.07 Å². The molecule has 0 N–H and O–H groups in total. The summed E-state index contributed by atoms with van der Waals surface area (Å²) in [6, 6.07) is 20.6. The molecular weight excluding hydrogens is 388 g/mol. The van der Waals surface area contributed by atoms with Crippen LogP contribution in [0.25, 0.3) is 0 Å². The van der Waals surface area contributed by atoms with Crippen LogP contribution >= 0.6 is 0 Å². The molecule has 2 unspecified atom stereocenters. The van der Waals surface area contributed by atoms with Crippen LogP contribution in [-0.2, 0) is 21.1 Å². The van der Waals surface area contributed by atoms with Crippen molar-refractivity contribution in [3.63, 3.8) is 0 Å². The Morgan fingerprint density at radius 3 is 2.56 bits per heavy atom. The van der Waals surface area contributed by atoms with Crippen molar-refractivity contribution in [1.82, 2.24) is 0 Å². The van der Waals surface area contributed by atoms with Crippen LogP contribution in [0.3, 0.4) is 0 Å². The zero-order valence-corrected chi connectivity index (χ0v) is 13.5. The number of rotatable bonds is 1. The summed E-state index contributed by atoms with van der Waals surface area (Å²) in [6.07, 6.45) is 2.55. The number of hydrogen-bond donors (Lipinski definition) is 0. The molecule has 2 aromatic rings. The Kier molecular flexibility index (Phi) is 4.40. The molecule has 1 aliphatic carbocycles. The van der Waals surface area contributed by atoms with Gasteiger partial charge in [0.15, 0.2) is 0 Å². The first-order valence-electron chi connectivity index (χ1n) is 6.41. The van der Waals surface area contributed by atoms with Gasteiger partial charge in [0.2, 0.25) is 0 Å². The number of hydrogen-bond acceptors (Lipinski definition) is 0.